The fraction of sp³-hybridized carbons (Fsp3) is 0.417. The molecular formula is C12H16N2O5. The van der Waals surface area contributed by atoms with Crippen molar-refractivity contribution in [1.82, 2.24) is 4.90 Å². The van der Waals surface area contributed by atoms with Crippen LogP contribution in [-0.2, 0) is 4.79 Å². The predicted octanol–water partition coefficient (Wildman–Crippen LogP) is 1.38. The Morgan fingerprint density at radius 1 is 1.47 bits per heavy atom. The lowest BCUT2D eigenvalue weighted by atomic mass is 10.3. The number of hydrogen-bond acceptors (Lipinski definition) is 5. The molecule has 0 aliphatic rings. The van der Waals surface area contributed by atoms with Crippen LogP contribution in [0.5, 0.6) is 5.75 Å². The summed E-state index contributed by atoms with van der Waals surface area (Å²) < 4.78 is 5.38. The summed E-state index contributed by atoms with van der Waals surface area (Å²) in [6, 6.07) is 5.95. The molecule has 0 spiro atoms. The Hall–Kier alpha value is -2.15. The number of nitro groups is 1. The molecule has 0 amide bonds. The molecule has 104 valence electrons. The molecule has 0 atom stereocenters. The summed E-state index contributed by atoms with van der Waals surface area (Å²) in [6.45, 7) is 1.33. The molecule has 0 heterocycles. The summed E-state index contributed by atoms with van der Waals surface area (Å²) in [4.78, 5) is 22.3. The van der Waals surface area contributed by atoms with Gasteiger partial charge in [0.2, 0.25) is 0 Å². The summed E-state index contributed by atoms with van der Waals surface area (Å²) in [6.07, 6.45) is 0.0767. The van der Waals surface area contributed by atoms with E-state index in [1.54, 1.807) is 19.2 Å². The number of benzene rings is 1. The minimum atomic E-state index is -0.841. The first-order valence-electron chi connectivity index (χ1n) is 5.76. The molecular weight excluding hydrogens is 252 g/mol. The van der Waals surface area contributed by atoms with Gasteiger partial charge in [-0.05, 0) is 13.1 Å². The molecule has 7 nitrogen and oxygen atoms in total. The smallest absolute Gasteiger partial charge is 0.304 e. The molecule has 0 saturated heterocycles. The first-order chi connectivity index (χ1) is 8.99. The largest absolute Gasteiger partial charge is 0.492 e. The maximum Gasteiger partial charge on any atom is 0.304 e. The Morgan fingerprint density at radius 2 is 2.21 bits per heavy atom. The summed E-state index contributed by atoms with van der Waals surface area (Å²) in [7, 11) is 1.79. The number of likely N-dealkylation sites (N-methyl/N-ethyl adjacent to an activating group) is 1. The monoisotopic (exact) mass is 268 g/mol. The zero-order chi connectivity index (χ0) is 14.3. The summed E-state index contributed by atoms with van der Waals surface area (Å²) >= 11 is 0. The van der Waals surface area contributed by atoms with Crippen molar-refractivity contribution in [2.75, 3.05) is 26.7 Å². The highest BCUT2D eigenvalue weighted by Crippen LogP contribution is 2.18. The minimum Gasteiger partial charge on any atom is -0.492 e. The van der Waals surface area contributed by atoms with E-state index in [-0.39, 0.29) is 12.1 Å². The molecule has 1 aromatic rings. The third kappa shape index (κ3) is 5.82. The fourth-order valence-corrected chi connectivity index (χ4v) is 1.40. The quantitative estimate of drug-likeness (QED) is 0.565. The van der Waals surface area contributed by atoms with Gasteiger partial charge in [0.15, 0.2) is 0 Å². The average molecular weight is 268 g/mol. The van der Waals surface area contributed by atoms with Gasteiger partial charge in [0, 0.05) is 19.2 Å². The van der Waals surface area contributed by atoms with Gasteiger partial charge >= 0.3 is 5.97 Å². The van der Waals surface area contributed by atoms with Gasteiger partial charge in [-0.3, -0.25) is 14.9 Å². The lowest BCUT2D eigenvalue weighted by molar-refractivity contribution is -0.384. The van der Waals surface area contributed by atoms with Crippen LogP contribution in [0.4, 0.5) is 5.69 Å². The van der Waals surface area contributed by atoms with Gasteiger partial charge < -0.3 is 14.7 Å². The number of rotatable bonds is 8. The van der Waals surface area contributed by atoms with Gasteiger partial charge in [-0.2, -0.15) is 0 Å². The van der Waals surface area contributed by atoms with Gasteiger partial charge in [0.05, 0.1) is 17.4 Å². The van der Waals surface area contributed by atoms with Gasteiger partial charge in [-0.25, -0.2) is 0 Å². The molecule has 0 aliphatic heterocycles. The third-order valence-corrected chi connectivity index (χ3v) is 2.48. The highest BCUT2D eigenvalue weighted by molar-refractivity contribution is 5.66. The van der Waals surface area contributed by atoms with Crippen molar-refractivity contribution in [2.24, 2.45) is 0 Å². The first-order valence-corrected chi connectivity index (χ1v) is 5.76. The van der Waals surface area contributed by atoms with Crippen molar-refractivity contribution in [1.29, 1.82) is 0 Å². The Morgan fingerprint density at radius 3 is 2.84 bits per heavy atom. The molecule has 1 N–H and O–H groups in total. The number of nitro benzene ring substituents is 1. The number of nitrogens with zero attached hydrogens (tertiary/aromatic N) is 2. The van der Waals surface area contributed by atoms with Crippen molar-refractivity contribution in [3.8, 4) is 5.75 Å². The molecule has 0 aromatic heterocycles. The molecule has 1 rings (SSSR count). The highest BCUT2D eigenvalue weighted by atomic mass is 16.6. The highest BCUT2D eigenvalue weighted by Gasteiger charge is 2.07. The van der Waals surface area contributed by atoms with Crippen LogP contribution in [0.1, 0.15) is 6.42 Å². The molecule has 7 heteroatoms. The van der Waals surface area contributed by atoms with Gasteiger partial charge in [0.25, 0.3) is 5.69 Å². The Kier molecular flexibility index (Phi) is 5.74. The maximum absolute atomic E-state index is 10.6. The van der Waals surface area contributed by atoms with E-state index >= 15 is 0 Å². The number of non-ortho nitro benzene ring substituents is 1. The van der Waals surface area contributed by atoms with Gasteiger partial charge in [-0.15, -0.1) is 0 Å². The SMILES string of the molecule is CN(CCOc1cccc([N+](=O)[O-])c1)CCC(=O)O. The molecule has 0 saturated carbocycles. The number of carboxylic acids is 1. The second-order valence-corrected chi connectivity index (χ2v) is 4.05. The number of carboxylic acid groups (broad SMARTS) is 1. The predicted molar refractivity (Wildman–Crippen MR) is 68.3 cm³/mol. The molecule has 1 aromatic carbocycles. The van der Waals surface area contributed by atoms with Crippen molar-refractivity contribution in [3.63, 3.8) is 0 Å². The number of carbonyl (C=O) groups is 1. The normalized spacial score (nSPS) is 10.4. The van der Waals surface area contributed by atoms with Crippen molar-refractivity contribution >= 4 is 11.7 Å². The van der Waals surface area contributed by atoms with Crippen LogP contribution < -0.4 is 4.74 Å². The van der Waals surface area contributed by atoms with Crippen LogP contribution >= 0.6 is 0 Å². The average Bonchev–Trinajstić information content (AvgIpc) is 2.36. The van der Waals surface area contributed by atoms with Crippen LogP contribution in [0.15, 0.2) is 24.3 Å². The number of aliphatic carboxylic acids is 1. The summed E-state index contributed by atoms with van der Waals surface area (Å²) in [5, 5.41) is 19.1. The van der Waals surface area contributed by atoms with E-state index in [2.05, 4.69) is 0 Å². The topological polar surface area (TPSA) is 92.9 Å². The minimum absolute atomic E-state index is 0.0169. The summed E-state index contributed by atoms with van der Waals surface area (Å²) in [5.74, 6) is -0.410. The molecule has 0 bridgehead atoms. The zero-order valence-corrected chi connectivity index (χ0v) is 10.6. The van der Waals surface area contributed by atoms with Crippen molar-refractivity contribution < 1.29 is 19.6 Å². The molecule has 0 unspecified atom stereocenters. The number of ether oxygens (including phenoxy) is 1. The second-order valence-electron chi connectivity index (χ2n) is 4.05. The van der Waals surface area contributed by atoms with E-state index in [1.165, 1.54) is 12.1 Å². The van der Waals surface area contributed by atoms with Crippen LogP contribution in [0.2, 0.25) is 0 Å². The Balaban J connectivity index is 2.34. The summed E-state index contributed by atoms with van der Waals surface area (Å²) in [5.41, 5.74) is -0.0169. The number of hydrogen-bond donors (Lipinski definition) is 1. The zero-order valence-electron chi connectivity index (χ0n) is 10.6. The second kappa shape index (κ2) is 7.32. The van der Waals surface area contributed by atoms with Crippen LogP contribution in [0.3, 0.4) is 0 Å². The van der Waals surface area contributed by atoms with E-state index in [9.17, 15) is 14.9 Å². The van der Waals surface area contributed by atoms with Crippen LogP contribution in [-0.4, -0.2) is 47.6 Å². The first kappa shape index (κ1) is 14.9. The fourth-order valence-electron chi connectivity index (χ4n) is 1.40. The van der Waals surface area contributed by atoms with Gasteiger partial charge in [-0.1, -0.05) is 6.07 Å². The van der Waals surface area contributed by atoms with E-state index < -0.39 is 10.9 Å². The van der Waals surface area contributed by atoms with E-state index in [0.717, 1.165) is 0 Å². The molecule has 0 fully saturated rings. The van der Waals surface area contributed by atoms with Crippen LogP contribution in [0.25, 0.3) is 0 Å². The Bertz CT molecular complexity index is 450. The van der Waals surface area contributed by atoms with Crippen molar-refractivity contribution in [2.45, 2.75) is 6.42 Å². The van der Waals surface area contributed by atoms with E-state index in [4.69, 9.17) is 9.84 Å². The lowest BCUT2D eigenvalue weighted by Gasteiger charge is -2.15. The maximum atomic E-state index is 10.6. The van der Waals surface area contributed by atoms with E-state index in [0.29, 0.717) is 25.4 Å². The van der Waals surface area contributed by atoms with E-state index in [1.807, 2.05) is 4.90 Å². The lowest BCUT2D eigenvalue weighted by Crippen LogP contribution is -2.26. The van der Waals surface area contributed by atoms with Gasteiger partial charge in [0.1, 0.15) is 12.4 Å². The molecule has 0 radical (unpaired) electrons. The molecule has 0 aliphatic carbocycles. The third-order valence-electron chi connectivity index (χ3n) is 2.48. The van der Waals surface area contributed by atoms with Crippen molar-refractivity contribution in [3.05, 3.63) is 34.4 Å². The standard InChI is InChI=1S/C12H16N2O5/c1-13(6-5-12(15)16)7-8-19-11-4-2-3-10(9-11)14(17)18/h2-4,9H,5-8H2,1H3,(H,15,16). The Labute approximate surface area is 110 Å². The van der Waals surface area contributed by atoms with Crippen LogP contribution in [0, 0.1) is 10.1 Å². The molecule has 19 heavy (non-hydrogen) atoms.